The van der Waals surface area contributed by atoms with Crippen molar-refractivity contribution in [2.75, 3.05) is 13.1 Å². The third kappa shape index (κ3) is 4.04. The Hall–Kier alpha value is -3.13. The first-order chi connectivity index (χ1) is 12.3. The molecule has 5 nitrogen and oxygen atoms in total. The number of hydrogen-bond acceptors (Lipinski definition) is 5. The summed E-state index contributed by atoms with van der Waals surface area (Å²) in [5, 5.41) is 12.7. The fraction of sp³-hybridized carbons (Fsp3) is 0.250. The molecule has 1 aliphatic rings. The Balaban J connectivity index is 1.84. The molecule has 2 aromatic rings. The van der Waals surface area contributed by atoms with Crippen LogP contribution in [0.1, 0.15) is 18.4 Å². The maximum absolute atomic E-state index is 9.15. The smallest absolute Gasteiger partial charge is 0.251 e. The Morgan fingerprint density at radius 3 is 2.76 bits per heavy atom. The van der Waals surface area contributed by atoms with Crippen molar-refractivity contribution in [1.82, 2.24) is 4.90 Å². The Morgan fingerprint density at radius 2 is 2.00 bits per heavy atom. The molecular weight excluding hydrogens is 312 g/mol. The van der Waals surface area contributed by atoms with Crippen molar-refractivity contribution in [1.29, 1.82) is 5.26 Å². The molecule has 25 heavy (non-hydrogen) atoms. The summed E-state index contributed by atoms with van der Waals surface area (Å²) in [6, 6.07) is 18.2. The van der Waals surface area contributed by atoms with Gasteiger partial charge in [0.2, 0.25) is 0 Å². The van der Waals surface area contributed by atoms with Gasteiger partial charge in [0.25, 0.3) is 5.90 Å². The minimum absolute atomic E-state index is 0.130. The fourth-order valence-electron chi connectivity index (χ4n) is 3.04. The lowest BCUT2D eigenvalue weighted by atomic mass is 10.0. The zero-order valence-corrected chi connectivity index (χ0v) is 14.0. The van der Waals surface area contributed by atoms with Crippen molar-refractivity contribution in [2.45, 2.75) is 18.9 Å². The van der Waals surface area contributed by atoms with E-state index in [4.69, 9.17) is 10.1 Å². The van der Waals surface area contributed by atoms with Crippen LogP contribution in [0.3, 0.4) is 0 Å². The largest absolute Gasteiger partial charge is 0.337 e. The van der Waals surface area contributed by atoms with Crippen molar-refractivity contribution in [2.24, 2.45) is 10.1 Å². The highest BCUT2D eigenvalue weighted by atomic mass is 16.6. The molecule has 1 heterocycles. The van der Waals surface area contributed by atoms with Gasteiger partial charge >= 0.3 is 0 Å². The standard InChI is InChI=1S/C20H20N4O/c1-22-25-20(23-14-19-11-6-12-24(19)15-21)18-10-5-9-17(13-18)16-7-3-2-4-8-16/h2-5,7-10,13,19H,1,6,11-12,14H2. The van der Waals surface area contributed by atoms with Crippen molar-refractivity contribution in [3.8, 4) is 17.3 Å². The van der Waals surface area contributed by atoms with Gasteiger partial charge in [0.1, 0.15) is 0 Å². The van der Waals surface area contributed by atoms with Gasteiger partial charge in [-0.25, -0.2) is 4.99 Å². The SMILES string of the molecule is C=NOC(=NCC1CCCN1C#N)c1cccc(-c2ccccc2)c1. The van der Waals surface area contributed by atoms with Crippen molar-refractivity contribution >= 4 is 12.6 Å². The van der Waals surface area contributed by atoms with Crippen molar-refractivity contribution in [3.05, 3.63) is 60.2 Å². The number of benzene rings is 2. The number of hydrogen-bond donors (Lipinski definition) is 0. The highest BCUT2D eigenvalue weighted by Gasteiger charge is 2.23. The molecule has 3 rings (SSSR count). The summed E-state index contributed by atoms with van der Waals surface area (Å²) in [6.45, 7) is 4.71. The van der Waals surface area contributed by atoms with E-state index >= 15 is 0 Å². The zero-order chi connectivity index (χ0) is 17.5. The number of likely N-dealkylation sites (tertiary alicyclic amines) is 1. The van der Waals surface area contributed by atoms with Crippen LogP contribution in [0.15, 0.2) is 64.7 Å². The molecule has 0 saturated carbocycles. The summed E-state index contributed by atoms with van der Waals surface area (Å²) in [6.07, 6.45) is 4.22. The molecule has 0 spiro atoms. The number of nitrogens with zero attached hydrogens (tertiary/aromatic N) is 4. The second-order valence-corrected chi connectivity index (χ2v) is 5.90. The van der Waals surface area contributed by atoms with E-state index in [2.05, 4.69) is 35.2 Å². The fourth-order valence-corrected chi connectivity index (χ4v) is 3.04. The molecule has 1 saturated heterocycles. The number of rotatable bonds is 5. The van der Waals surface area contributed by atoms with E-state index in [0.29, 0.717) is 12.4 Å². The molecule has 1 atom stereocenters. The van der Waals surface area contributed by atoms with Gasteiger partial charge in [0, 0.05) is 18.8 Å². The first kappa shape index (κ1) is 16.7. The van der Waals surface area contributed by atoms with Crippen LogP contribution in [0.25, 0.3) is 11.1 Å². The van der Waals surface area contributed by atoms with Gasteiger partial charge < -0.3 is 9.74 Å². The molecule has 5 heteroatoms. The predicted octanol–water partition coefficient (Wildman–Crippen LogP) is 3.68. The van der Waals surface area contributed by atoms with Crippen LogP contribution in [0.2, 0.25) is 0 Å². The minimum atomic E-state index is 0.130. The van der Waals surface area contributed by atoms with Crippen LogP contribution in [0, 0.1) is 11.5 Å². The highest BCUT2D eigenvalue weighted by molar-refractivity contribution is 5.95. The van der Waals surface area contributed by atoms with Crippen LogP contribution in [0.5, 0.6) is 0 Å². The van der Waals surface area contributed by atoms with Gasteiger partial charge in [-0.1, -0.05) is 47.6 Å². The van der Waals surface area contributed by atoms with E-state index < -0.39 is 0 Å². The molecule has 0 N–H and O–H groups in total. The van der Waals surface area contributed by atoms with E-state index in [1.165, 1.54) is 0 Å². The van der Waals surface area contributed by atoms with Gasteiger partial charge in [-0.05, 0) is 36.1 Å². The van der Waals surface area contributed by atoms with E-state index in [-0.39, 0.29) is 6.04 Å². The van der Waals surface area contributed by atoms with Crippen LogP contribution in [-0.2, 0) is 4.84 Å². The molecule has 126 valence electrons. The monoisotopic (exact) mass is 332 g/mol. The quantitative estimate of drug-likeness (QED) is 0.363. The molecule has 1 fully saturated rings. The van der Waals surface area contributed by atoms with Crippen molar-refractivity contribution in [3.63, 3.8) is 0 Å². The zero-order valence-electron chi connectivity index (χ0n) is 14.0. The number of oxime groups is 1. The van der Waals surface area contributed by atoms with Gasteiger partial charge in [-0.15, -0.1) is 0 Å². The third-order valence-corrected chi connectivity index (χ3v) is 4.32. The summed E-state index contributed by atoms with van der Waals surface area (Å²) in [4.78, 5) is 11.7. The Labute approximate surface area is 147 Å². The molecule has 2 aromatic carbocycles. The summed E-state index contributed by atoms with van der Waals surface area (Å²) in [5.74, 6) is 0.428. The summed E-state index contributed by atoms with van der Waals surface area (Å²) >= 11 is 0. The lowest BCUT2D eigenvalue weighted by molar-refractivity contribution is 0.325. The Kier molecular flexibility index (Phi) is 5.43. The molecule has 1 aliphatic heterocycles. The predicted molar refractivity (Wildman–Crippen MR) is 99.3 cm³/mol. The van der Waals surface area contributed by atoms with Crippen molar-refractivity contribution < 1.29 is 4.84 Å². The van der Waals surface area contributed by atoms with E-state index in [0.717, 1.165) is 36.1 Å². The minimum Gasteiger partial charge on any atom is -0.337 e. The molecule has 0 amide bonds. The Bertz CT molecular complexity index is 795. The van der Waals surface area contributed by atoms with Gasteiger partial charge in [-0.2, -0.15) is 5.26 Å². The molecule has 0 radical (unpaired) electrons. The lowest BCUT2D eigenvalue weighted by Crippen LogP contribution is -2.27. The number of aliphatic imine (C=N–C) groups is 1. The van der Waals surface area contributed by atoms with E-state index in [1.807, 2.05) is 42.5 Å². The normalized spacial score (nSPS) is 17.2. The van der Waals surface area contributed by atoms with Crippen LogP contribution in [-0.4, -0.2) is 36.6 Å². The van der Waals surface area contributed by atoms with Gasteiger partial charge in [-0.3, -0.25) is 0 Å². The van der Waals surface area contributed by atoms with E-state index in [9.17, 15) is 0 Å². The third-order valence-electron chi connectivity index (χ3n) is 4.32. The lowest BCUT2D eigenvalue weighted by Gasteiger charge is -2.16. The van der Waals surface area contributed by atoms with Crippen LogP contribution >= 0.6 is 0 Å². The van der Waals surface area contributed by atoms with E-state index in [1.54, 1.807) is 4.90 Å². The maximum atomic E-state index is 9.15. The van der Waals surface area contributed by atoms with Crippen LogP contribution in [0.4, 0.5) is 0 Å². The Morgan fingerprint density at radius 1 is 1.20 bits per heavy atom. The first-order valence-corrected chi connectivity index (χ1v) is 8.31. The second kappa shape index (κ2) is 8.11. The maximum Gasteiger partial charge on any atom is 0.251 e. The molecule has 0 aromatic heterocycles. The number of nitriles is 1. The molecule has 0 bridgehead atoms. The van der Waals surface area contributed by atoms with Crippen LogP contribution < -0.4 is 0 Å². The summed E-state index contributed by atoms with van der Waals surface area (Å²) < 4.78 is 0. The first-order valence-electron chi connectivity index (χ1n) is 8.31. The van der Waals surface area contributed by atoms with Gasteiger partial charge in [0.05, 0.1) is 12.6 Å². The average molecular weight is 332 g/mol. The van der Waals surface area contributed by atoms with Gasteiger partial charge in [0.15, 0.2) is 6.19 Å². The summed E-state index contributed by atoms with van der Waals surface area (Å²) in [5.41, 5.74) is 3.05. The topological polar surface area (TPSA) is 61.0 Å². The highest BCUT2D eigenvalue weighted by Crippen LogP contribution is 2.21. The molecule has 0 aliphatic carbocycles. The average Bonchev–Trinajstić information content (AvgIpc) is 3.13. The summed E-state index contributed by atoms with van der Waals surface area (Å²) in [7, 11) is 0. The second-order valence-electron chi connectivity index (χ2n) is 5.90. The molecular formula is C20H20N4O. The molecule has 1 unspecified atom stereocenters.